The van der Waals surface area contributed by atoms with E-state index in [0.29, 0.717) is 10.7 Å². The third-order valence-electron chi connectivity index (χ3n) is 2.31. The van der Waals surface area contributed by atoms with Gasteiger partial charge in [0.1, 0.15) is 5.69 Å². The van der Waals surface area contributed by atoms with Crippen LogP contribution in [-0.4, -0.2) is 4.92 Å². The Labute approximate surface area is 107 Å². The van der Waals surface area contributed by atoms with Crippen LogP contribution in [0.5, 0.6) is 0 Å². The fourth-order valence-corrected chi connectivity index (χ4v) is 1.69. The summed E-state index contributed by atoms with van der Waals surface area (Å²) >= 11 is 5.92. The Morgan fingerprint density at radius 1 is 1.11 bits per heavy atom. The van der Waals surface area contributed by atoms with Gasteiger partial charge in [0.05, 0.1) is 15.6 Å². The third-order valence-corrected chi connectivity index (χ3v) is 2.64. The molecule has 0 amide bonds. The monoisotopic (exact) mass is 266 g/mol. The molecular formula is C12H8ClFN2O2. The molecule has 0 spiro atoms. The molecule has 0 heterocycles. The van der Waals surface area contributed by atoms with Gasteiger partial charge in [-0.15, -0.1) is 0 Å². The van der Waals surface area contributed by atoms with Gasteiger partial charge in [-0.25, -0.2) is 0 Å². The van der Waals surface area contributed by atoms with Gasteiger partial charge in [-0.2, -0.15) is 4.39 Å². The van der Waals surface area contributed by atoms with Gasteiger partial charge in [0.15, 0.2) is 0 Å². The van der Waals surface area contributed by atoms with E-state index in [1.54, 1.807) is 24.3 Å². The molecule has 2 rings (SSSR count). The van der Waals surface area contributed by atoms with Crippen molar-refractivity contribution in [3.05, 3.63) is 63.4 Å². The predicted molar refractivity (Wildman–Crippen MR) is 67.8 cm³/mol. The molecule has 1 N–H and O–H groups in total. The molecule has 0 bridgehead atoms. The zero-order valence-corrected chi connectivity index (χ0v) is 9.82. The largest absolute Gasteiger partial charge is 0.349 e. The molecule has 0 aliphatic heterocycles. The van der Waals surface area contributed by atoms with Gasteiger partial charge in [0.25, 0.3) is 0 Å². The minimum atomic E-state index is -0.892. The lowest BCUT2D eigenvalue weighted by molar-refractivity contribution is -0.386. The lowest BCUT2D eigenvalue weighted by Crippen LogP contribution is -1.99. The van der Waals surface area contributed by atoms with Crippen molar-refractivity contribution in [1.29, 1.82) is 0 Å². The summed E-state index contributed by atoms with van der Waals surface area (Å²) in [5.41, 5.74) is -0.0570. The summed E-state index contributed by atoms with van der Waals surface area (Å²) in [7, 11) is 0. The molecule has 2 aromatic rings. The number of halogens is 2. The van der Waals surface area contributed by atoms with E-state index in [1.807, 2.05) is 0 Å². The van der Waals surface area contributed by atoms with E-state index in [9.17, 15) is 14.5 Å². The second kappa shape index (κ2) is 5.01. The van der Waals surface area contributed by atoms with Crippen LogP contribution in [0.2, 0.25) is 5.02 Å². The fourth-order valence-electron chi connectivity index (χ4n) is 1.51. The first kappa shape index (κ1) is 12.3. The number of hydrogen-bond acceptors (Lipinski definition) is 3. The summed E-state index contributed by atoms with van der Waals surface area (Å²) in [5.74, 6) is -0.892. The number of rotatable bonds is 3. The highest BCUT2D eigenvalue weighted by Crippen LogP contribution is 2.32. The molecule has 18 heavy (non-hydrogen) atoms. The standard InChI is InChI=1S/C12H8ClFN2O2/c13-8-4-1-2-6-10(8)15-11-7-3-5-9(14)12(11)16(17)18/h1-7,15H. The zero-order valence-electron chi connectivity index (χ0n) is 9.06. The molecule has 0 saturated carbocycles. The van der Waals surface area contributed by atoms with Gasteiger partial charge in [-0.05, 0) is 24.3 Å². The number of nitro groups is 1. The van der Waals surface area contributed by atoms with E-state index in [1.165, 1.54) is 12.1 Å². The van der Waals surface area contributed by atoms with Crippen molar-refractivity contribution < 1.29 is 9.31 Å². The molecule has 0 saturated heterocycles. The van der Waals surface area contributed by atoms with Crippen LogP contribution in [-0.2, 0) is 0 Å². The average Bonchev–Trinajstić information content (AvgIpc) is 2.31. The highest BCUT2D eigenvalue weighted by molar-refractivity contribution is 6.33. The van der Waals surface area contributed by atoms with Crippen molar-refractivity contribution in [1.82, 2.24) is 0 Å². The first-order valence-electron chi connectivity index (χ1n) is 5.04. The molecule has 0 aromatic heterocycles. The number of nitrogens with zero attached hydrogens (tertiary/aromatic N) is 1. The molecule has 0 fully saturated rings. The van der Waals surface area contributed by atoms with E-state index >= 15 is 0 Å². The van der Waals surface area contributed by atoms with Crippen LogP contribution in [0, 0.1) is 15.9 Å². The van der Waals surface area contributed by atoms with Gasteiger partial charge < -0.3 is 5.32 Å². The summed E-state index contributed by atoms with van der Waals surface area (Å²) < 4.78 is 13.4. The fraction of sp³-hybridized carbons (Fsp3) is 0. The molecule has 6 heteroatoms. The summed E-state index contributed by atoms with van der Waals surface area (Å²) in [6, 6.07) is 10.6. The molecule has 0 unspecified atom stereocenters. The van der Waals surface area contributed by atoms with Gasteiger partial charge in [-0.3, -0.25) is 10.1 Å². The Morgan fingerprint density at radius 3 is 2.44 bits per heavy atom. The second-order valence-electron chi connectivity index (χ2n) is 3.50. The second-order valence-corrected chi connectivity index (χ2v) is 3.91. The Hall–Kier alpha value is -2.14. The van der Waals surface area contributed by atoms with Crippen molar-refractivity contribution in [3.8, 4) is 0 Å². The van der Waals surface area contributed by atoms with Crippen molar-refractivity contribution in [2.45, 2.75) is 0 Å². The highest BCUT2D eigenvalue weighted by Gasteiger charge is 2.20. The van der Waals surface area contributed by atoms with Crippen LogP contribution < -0.4 is 5.32 Å². The van der Waals surface area contributed by atoms with Crippen LogP contribution in [0.25, 0.3) is 0 Å². The highest BCUT2D eigenvalue weighted by atomic mass is 35.5. The number of benzene rings is 2. The topological polar surface area (TPSA) is 55.2 Å². The van der Waals surface area contributed by atoms with Crippen LogP contribution in [0.1, 0.15) is 0 Å². The smallest absolute Gasteiger partial charge is 0.327 e. The van der Waals surface area contributed by atoms with E-state index in [4.69, 9.17) is 11.6 Å². The quantitative estimate of drug-likeness (QED) is 0.671. The van der Waals surface area contributed by atoms with Gasteiger partial charge in [0.2, 0.25) is 5.82 Å². The molecule has 92 valence electrons. The minimum absolute atomic E-state index is 0.0631. The SMILES string of the molecule is O=[N+]([O-])c1c(F)cccc1Nc1ccccc1Cl. The molecule has 0 radical (unpaired) electrons. The third kappa shape index (κ3) is 2.41. The predicted octanol–water partition coefficient (Wildman–Crippen LogP) is 4.13. The Balaban J connectivity index is 2.44. The summed E-state index contributed by atoms with van der Waals surface area (Å²) in [6.45, 7) is 0. The first-order chi connectivity index (χ1) is 8.59. The van der Waals surface area contributed by atoms with Gasteiger partial charge >= 0.3 is 5.69 Å². The number of anilines is 2. The summed E-state index contributed by atoms with van der Waals surface area (Å²) in [6.07, 6.45) is 0. The normalized spacial score (nSPS) is 10.1. The molecule has 0 aliphatic carbocycles. The Bertz CT molecular complexity index is 604. The van der Waals surface area contributed by atoms with Gasteiger partial charge in [-0.1, -0.05) is 29.8 Å². The molecule has 0 atom stereocenters. The van der Waals surface area contributed by atoms with Crippen LogP contribution in [0.4, 0.5) is 21.5 Å². The number of nitrogens with one attached hydrogen (secondary N) is 1. The van der Waals surface area contributed by atoms with Crippen molar-refractivity contribution in [3.63, 3.8) is 0 Å². The summed E-state index contributed by atoms with van der Waals surface area (Å²) in [4.78, 5) is 10.0. The Kier molecular flexibility index (Phi) is 3.43. The van der Waals surface area contributed by atoms with Crippen molar-refractivity contribution in [2.75, 3.05) is 5.32 Å². The van der Waals surface area contributed by atoms with Crippen LogP contribution in [0.3, 0.4) is 0 Å². The minimum Gasteiger partial charge on any atom is -0.349 e. The van der Waals surface area contributed by atoms with E-state index in [2.05, 4.69) is 5.32 Å². The van der Waals surface area contributed by atoms with Crippen LogP contribution >= 0.6 is 11.6 Å². The molecule has 2 aromatic carbocycles. The molecule has 4 nitrogen and oxygen atoms in total. The molecular weight excluding hydrogens is 259 g/mol. The van der Waals surface area contributed by atoms with Crippen molar-refractivity contribution >= 4 is 28.7 Å². The lowest BCUT2D eigenvalue weighted by Gasteiger charge is -2.08. The molecule has 0 aliphatic rings. The maximum absolute atomic E-state index is 13.4. The first-order valence-corrected chi connectivity index (χ1v) is 5.42. The van der Waals surface area contributed by atoms with Crippen LogP contribution in [0.15, 0.2) is 42.5 Å². The van der Waals surface area contributed by atoms with E-state index in [0.717, 1.165) is 6.07 Å². The zero-order chi connectivity index (χ0) is 13.1. The van der Waals surface area contributed by atoms with E-state index in [-0.39, 0.29) is 5.69 Å². The number of para-hydroxylation sites is 2. The number of nitro benzene ring substituents is 1. The summed E-state index contributed by atoms with van der Waals surface area (Å²) in [5, 5.41) is 14.0. The van der Waals surface area contributed by atoms with Crippen molar-refractivity contribution in [2.24, 2.45) is 0 Å². The van der Waals surface area contributed by atoms with E-state index < -0.39 is 16.4 Å². The maximum atomic E-state index is 13.4. The number of hydrogen-bond donors (Lipinski definition) is 1. The maximum Gasteiger partial charge on any atom is 0.327 e. The lowest BCUT2D eigenvalue weighted by atomic mass is 10.2. The Morgan fingerprint density at radius 2 is 1.78 bits per heavy atom. The average molecular weight is 267 g/mol. The van der Waals surface area contributed by atoms with Gasteiger partial charge in [0, 0.05) is 0 Å².